The molecule has 5 heavy (non-hydrogen) atoms. The Morgan fingerprint density at radius 3 is 1.60 bits per heavy atom. The van der Waals surface area contributed by atoms with Gasteiger partial charge in [0.15, 0.2) is 0 Å². The molecule has 0 aliphatic heterocycles. The van der Waals surface area contributed by atoms with Crippen molar-refractivity contribution in [2.24, 2.45) is 0 Å². The van der Waals surface area contributed by atoms with Gasteiger partial charge in [0.05, 0.1) is 6.51 Å². The molecule has 0 aromatic carbocycles. The summed E-state index contributed by atoms with van der Waals surface area (Å²) in [5, 5.41) is 23.0. The number of hydrogen-bond acceptors (Lipinski definition) is 3. The van der Waals surface area contributed by atoms with E-state index in [1.165, 1.54) is 0 Å². The first kappa shape index (κ1) is 4.94. The molecule has 0 saturated carbocycles. The summed E-state index contributed by atoms with van der Waals surface area (Å²) in [6, 6.07) is 0. The van der Waals surface area contributed by atoms with Crippen molar-refractivity contribution >= 4 is 7.12 Å². The zero-order valence-corrected chi connectivity index (χ0v) is 2.63. The largest absolute Gasteiger partial charge is 0.478 e. The number of aliphatic hydroxyl groups excluding tert-OH is 1. The molecule has 0 rings (SSSR count). The molecule has 0 atom stereocenters. The molecule has 0 aromatic rings. The van der Waals surface area contributed by atoms with Gasteiger partial charge in [-0.05, 0) is 0 Å². The maximum atomic E-state index is 7.67. The molecule has 30 valence electrons. The first-order valence-electron chi connectivity index (χ1n) is 1.24. The molecule has 3 nitrogen and oxygen atoms in total. The van der Waals surface area contributed by atoms with Crippen LogP contribution in [0.2, 0.25) is 0 Å². The van der Waals surface area contributed by atoms with Crippen LogP contribution in [0.3, 0.4) is 0 Å². The van der Waals surface area contributed by atoms with Crippen LogP contribution in [0.15, 0.2) is 0 Å². The molecule has 0 aliphatic rings. The Balaban J connectivity index is 2.54. The molecule has 0 amide bonds. The van der Waals surface area contributed by atoms with Gasteiger partial charge in [-0.15, -0.1) is 0 Å². The molecular weight excluding hydrogens is 70.8 g/mol. The predicted molar refractivity (Wildman–Crippen MR) is 17.3 cm³/mol. The fourth-order valence-corrected chi connectivity index (χ4v) is 0. The van der Waals surface area contributed by atoms with Gasteiger partial charge < -0.3 is 15.2 Å². The third kappa shape index (κ3) is 3.94. The highest BCUT2D eigenvalue weighted by molar-refractivity contribution is 6.40. The van der Waals surface area contributed by atoms with Crippen molar-refractivity contribution in [3.05, 3.63) is 0 Å². The molecule has 0 aliphatic carbocycles. The van der Waals surface area contributed by atoms with Gasteiger partial charge in [-0.1, -0.05) is 0 Å². The topological polar surface area (TPSA) is 60.7 Å². The Morgan fingerprint density at radius 2 is 1.60 bits per heavy atom. The summed E-state index contributed by atoms with van der Waals surface area (Å²) in [6.45, 7) is -0.583. The van der Waals surface area contributed by atoms with Crippen LogP contribution in [0.1, 0.15) is 0 Å². The molecule has 0 unspecified atom stereocenters. The Morgan fingerprint density at radius 1 is 1.40 bits per heavy atom. The maximum absolute atomic E-state index is 7.67. The minimum atomic E-state index is -1.56. The van der Waals surface area contributed by atoms with Gasteiger partial charge in [0.1, 0.15) is 0 Å². The van der Waals surface area contributed by atoms with Crippen molar-refractivity contribution < 1.29 is 15.2 Å². The second-order valence-electron chi connectivity index (χ2n) is 0.663. The van der Waals surface area contributed by atoms with Gasteiger partial charge >= 0.3 is 7.12 Å². The van der Waals surface area contributed by atoms with Gasteiger partial charge in [-0.3, -0.25) is 0 Å². The Bertz CT molecular complexity index is 20.9. The highest BCUT2D eigenvalue weighted by Gasteiger charge is 1.98. The number of hydrogen-bond donors (Lipinski definition) is 3. The second-order valence-corrected chi connectivity index (χ2v) is 0.663. The van der Waals surface area contributed by atoms with Crippen molar-refractivity contribution in [3.63, 3.8) is 0 Å². The Hall–Kier alpha value is -0.0551. The molecule has 0 saturated heterocycles. The Kier molecular flexibility index (Phi) is 2.17. The van der Waals surface area contributed by atoms with Crippen LogP contribution in [0.25, 0.3) is 0 Å². The first-order valence-corrected chi connectivity index (χ1v) is 1.24. The first-order chi connectivity index (χ1) is 2.27. The van der Waals surface area contributed by atoms with Crippen LogP contribution in [0.4, 0.5) is 0 Å². The average Bonchev–Trinajstić information content (AvgIpc) is 1.38. The lowest BCUT2D eigenvalue weighted by Gasteiger charge is -1.81. The fourth-order valence-electron chi connectivity index (χ4n) is 0. The van der Waals surface area contributed by atoms with Gasteiger partial charge in [0, 0.05) is 0 Å². The van der Waals surface area contributed by atoms with Crippen LogP contribution in [0.5, 0.6) is 0 Å². The minimum Gasteiger partial charge on any atom is -0.426 e. The minimum absolute atomic E-state index is 0.583. The highest BCUT2D eigenvalue weighted by atomic mass is 16.4. The predicted octanol–water partition coefficient (Wildman–Crippen LogP) is -2.01. The monoisotopic (exact) mass is 76.0 g/mol. The van der Waals surface area contributed by atoms with E-state index in [1.807, 2.05) is 0 Å². The molecule has 0 aromatic heterocycles. The van der Waals surface area contributed by atoms with Gasteiger partial charge in [0.2, 0.25) is 0 Å². The van der Waals surface area contributed by atoms with E-state index in [4.69, 9.17) is 15.2 Å². The summed E-state index contributed by atoms with van der Waals surface area (Å²) < 4.78 is 0. The lowest BCUT2D eigenvalue weighted by atomic mass is 9.95. The molecule has 0 fully saturated rings. The summed E-state index contributed by atoms with van der Waals surface area (Å²) in [4.78, 5) is 0. The van der Waals surface area contributed by atoms with Gasteiger partial charge in [-0.25, -0.2) is 0 Å². The lowest BCUT2D eigenvalue weighted by molar-refractivity contribution is 0.291. The van der Waals surface area contributed by atoms with Crippen LogP contribution in [-0.2, 0) is 0 Å². The van der Waals surface area contributed by atoms with Crippen molar-refractivity contribution in [1.82, 2.24) is 0 Å². The van der Waals surface area contributed by atoms with E-state index in [9.17, 15) is 0 Å². The molecule has 0 heterocycles. The molecular formula is CH5BO3. The van der Waals surface area contributed by atoms with Crippen LogP contribution in [-0.4, -0.2) is 28.8 Å². The quantitative estimate of drug-likeness (QED) is 0.316. The summed E-state index contributed by atoms with van der Waals surface area (Å²) in [6.07, 6.45) is 0. The van der Waals surface area contributed by atoms with E-state index in [0.717, 1.165) is 0 Å². The number of aliphatic hydroxyl groups is 1. The standard InChI is InChI=1S/CH5BO3/c3-1-2(4)5/h3-5H,1H2. The summed E-state index contributed by atoms with van der Waals surface area (Å²) in [7, 11) is -1.56. The van der Waals surface area contributed by atoms with Crippen LogP contribution in [0, 0.1) is 0 Å². The molecule has 3 N–H and O–H groups in total. The van der Waals surface area contributed by atoms with E-state index < -0.39 is 13.6 Å². The normalized spacial score (nSPS) is 7.80. The molecule has 0 radical (unpaired) electrons. The van der Waals surface area contributed by atoms with Crippen molar-refractivity contribution in [3.8, 4) is 0 Å². The van der Waals surface area contributed by atoms with E-state index in [-0.39, 0.29) is 0 Å². The van der Waals surface area contributed by atoms with Gasteiger partial charge in [0.25, 0.3) is 0 Å². The molecule has 0 spiro atoms. The highest BCUT2D eigenvalue weighted by Crippen LogP contribution is 1.54. The van der Waals surface area contributed by atoms with E-state index in [1.54, 1.807) is 0 Å². The fraction of sp³-hybridized carbons (Fsp3) is 1.00. The van der Waals surface area contributed by atoms with E-state index >= 15 is 0 Å². The number of rotatable bonds is 1. The van der Waals surface area contributed by atoms with Crippen molar-refractivity contribution in [2.75, 3.05) is 6.51 Å². The molecule has 0 bridgehead atoms. The zero-order valence-electron chi connectivity index (χ0n) is 2.63. The Labute approximate surface area is 30.0 Å². The lowest BCUT2D eigenvalue weighted by Crippen LogP contribution is -2.16. The van der Waals surface area contributed by atoms with Gasteiger partial charge in [-0.2, -0.15) is 0 Å². The zero-order chi connectivity index (χ0) is 4.28. The maximum Gasteiger partial charge on any atom is 0.478 e. The second kappa shape index (κ2) is 2.20. The van der Waals surface area contributed by atoms with E-state index in [0.29, 0.717) is 0 Å². The third-order valence-electron chi connectivity index (χ3n) is 0.163. The smallest absolute Gasteiger partial charge is 0.426 e. The summed E-state index contributed by atoms with van der Waals surface area (Å²) in [5.74, 6) is 0. The average molecular weight is 75.9 g/mol. The SMILES string of the molecule is OCB(O)O. The third-order valence-corrected chi connectivity index (χ3v) is 0.163. The van der Waals surface area contributed by atoms with E-state index in [2.05, 4.69) is 0 Å². The summed E-state index contributed by atoms with van der Waals surface area (Å²) >= 11 is 0. The summed E-state index contributed by atoms with van der Waals surface area (Å²) in [5.41, 5.74) is 0. The van der Waals surface area contributed by atoms with Crippen LogP contribution >= 0.6 is 0 Å². The van der Waals surface area contributed by atoms with Crippen molar-refractivity contribution in [2.45, 2.75) is 0 Å². The van der Waals surface area contributed by atoms with Crippen LogP contribution < -0.4 is 0 Å². The molecule has 4 heteroatoms. The van der Waals surface area contributed by atoms with Crippen molar-refractivity contribution in [1.29, 1.82) is 0 Å².